The number of hydrogen-bond donors (Lipinski definition) is 2. The summed E-state index contributed by atoms with van der Waals surface area (Å²) in [6.07, 6.45) is 1.41. The fourth-order valence-corrected chi connectivity index (χ4v) is 3.41. The SMILES string of the molecule is CN1CCC(NC(=O)c2ccc(Br)cc2Cl)(C(N)=S)CC1. The van der Waals surface area contributed by atoms with Crippen LogP contribution in [0.1, 0.15) is 23.2 Å². The van der Waals surface area contributed by atoms with E-state index in [0.717, 1.165) is 17.6 Å². The molecule has 0 unspecified atom stereocenters. The Kier molecular flexibility index (Phi) is 5.24. The summed E-state index contributed by atoms with van der Waals surface area (Å²) in [6.45, 7) is 1.68. The van der Waals surface area contributed by atoms with Crippen LogP contribution in [0.2, 0.25) is 5.02 Å². The van der Waals surface area contributed by atoms with Crippen LogP contribution < -0.4 is 11.1 Å². The van der Waals surface area contributed by atoms with Crippen LogP contribution in [0.4, 0.5) is 0 Å². The van der Waals surface area contributed by atoms with E-state index in [2.05, 4.69) is 26.1 Å². The molecule has 1 heterocycles. The molecule has 3 N–H and O–H groups in total. The third-order valence-corrected chi connectivity index (χ3v) is 5.04. The third-order valence-electron chi connectivity index (χ3n) is 3.84. The van der Waals surface area contributed by atoms with E-state index < -0.39 is 5.54 Å². The van der Waals surface area contributed by atoms with Gasteiger partial charge in [-0.1, -0.05) is 39.7 Å². The molecule has 0 spiro atoms. The number of thiocarbonyl (C=S) groups is 1. The molecule has 0 atom stereocenters. The molecular formula is C14H17BrClN3OS. The van der Waals surface area contributed by atoms with E-state index in [1.807, 2.05) is 7.05 Å². The Labute approximate surface area is 143 Å². The van der Waals surface area contributed by atoms with Crippen LogP contribution in [0.3, 0.4) is 0 Å². The average molecular weight is 391 g/mol. The molecule has 0 radical (unpaired) electrons. The van der Waals surface area contributed by atoms with Gasteiger partial charge in [0, 0.05) is 17.6 Å². The number of carbonyl (C=O) groups is 1. The summed E-state index contributed by atoms with van der Waals surface area (Å²) >= 11 is 14.6. The van der Waals surface area contributed by atoms with E-state index in [9.17, 15) is 4.79 Å². The molecular weight excluding hydrogens is 374 g/mol. The highest BCUT2D eigenvalue weighted by atomic mass is 79.9. The van der Waals surface area contributed by atoms with Crippen molar-refractivity contribution in [1.82, 2.24) is 10.2 Å². The Morgan fingerprint density at radius 2 is 2.10 bits per heavy atom. The minimum atomic E-state index is -0.630. The van der Waals surface area contributed by atoms with Crippen LogP contribution in [0.25, 0.3) is 0 Å². The number of nitrogens with zero attached hydrogens (tertiary/aromatic N) is 1. The Bertz CT molecular complexity index is 573. The fourth-order valence-electron chi connectivity index (χ4n) is 2.39. The summed E-state index contributed by atoms with van der Waals surface area (Å²) in [6, 6.07) is 5.16. The zero-order chi connectivity index (χ0) is 15.6. The molecule has 4 nitrogen and oxygen atoms in total. The maximum absolute atomic E-state index is 12.5. The van der Waals surface area contributed by atoms with Crippen molar-refractivity contribution in [2.45, 2.75) is 18.4 Å². The smallest absolute Gasteiger partial charge is 0.253 e. The second kappa shape index (κ2) is 6.60. The van der Waals surface area contributed by atoms with Crippen LogP contribution in [0.5, 0.6) is 0 Å². The predicted molar refractivity (Wildman–Crippen MR) is 92.9 cm³/mol. The number of likely N-dealkylation sites (tertiary alicyclic amines) is 1. The van der Waals surface area contributed by atoms with Crippen molar-refractivity contribution < 1.29 is 4.79 Å². The van der Waals surface area contributed by atoms with Crippen LogP contribution >= 0.6 is 39.7 Å². The highest BCUT2D eigenvalue weighted by Crippen LogP contribution is 2.25. The molecule has 114 valence electrons. The molecule has 2 rings (SSSR count). The molecule has 1 fully saturated rings. The minimum absolute atomic E-state index is 0.246. The van der Waals surface area contributed by atoms with Gasteiger partial charge in [-0.05, 0) is 38.1 Å². The second-order valence-corrected chi connectivity index (χ2v) is 7.09. The molecule has 1 amide bonds. The van der Waals surface area contributed by atoms with E-state index in [1.54, 1.807) is 18.2 Å². The number of benzene rings is 1. The number of nitrogens with one attached hydrogen (secondary N) is 1. The summed E-state index contributed by atoms with van der Waals surface area (Å²) in [5, 5.41) is 3.39. The molecule has 1 aliphatic heterocycles. The molecule has 0 aromatic heterocycles. The number of nitrogens with two attached hydrogens (primary N) is 1. The number of rotatable bonds is 3. The average Bonchev–Trinajstić information content (AvgIpc) is 2.41. The van der Waals surface area contributed by atoms with E-state index >= 15 is 0 Å². The van der Waals surface area contributed by atoms with Gasteiger partial charge in [0.1, 0.15) is 0 Å². The van der Waals surface area contributed by atoms with Gasteiger partial charge in [0.25, 0.3) is 5.91 Å². The maximum atomic E-state index is 12.5. The van der Waals surface area contributed by atoms with Crippen molar-refractivity contribution in [2.24, 2.45) is 5.73 Å². The normalized spacial score (nSPS) is 18.2. The molecule has 0 aliphatic carbocycles. The van der Waals surface area contributed by atoms with Gasteiger partial charge in [0.2, 0.25) is 0 Å². The largest absolute Gasteiger partial charge is 0.391 e. The minimum Gasteiger partial charge on any atom is -0.391 e. The monoisotopic (exact) mass is 389 g/mol. The number of hydrogen-bond acceptors (Lipinski definition) is 3. The number of halogens is 2. The highest BCUT2D eigenvalue weighted by molar-refractivity contribution is 9.10. The van der Waals surface area contributed by atoms with E-state index in [0.29, 0.717) is 28.4 Å². The Hall–Kier alpha value is -0.690. The summed E-state index contributed by atoms with van der Waals surface area (Å²) in [4.78, 5) is 15.0. The van der Waals surface area contributed by atoms with Crippen LogP contribution in [-0.4, -0.2) is 41.5 Å². The van der Waals surface area contributed by atoms with Gasteiger partial charge in [-0.15, -0.1) is 0 Å². The van der Waals surface area contributed by atoms with Gasteiger partial charge in [0.15, 0.2) is 0 Å². The van der Waals surface area contributed by atoms with E-state index in [-0.39, 0.29) is 5.91 Å². The van der Waals surface area contributed by atoms with Gasteiger partial charge in [-0.3, -0.25) is 4.79 Å². The van der Waals surface area contributed by atoms with Gasteiger partial charge < -0.3 is 16.0 Å². The molecule has 0 saturated carbocycles. The van der Waals surface area contributed by atoms with Crippen molar-refractivity contribution >= 4 is 50.6 Å². The van der Waals surface area contributed by atoms with Crippen LogP contribution in [0.15, 0.2) is 22.7 Å². The van der Waals surface area contributed by atoms with Crippen molar-refractivity contribution in [3.05, 3.63) is 33.3 Å². The summed E-state index contributed by atoms with van der Waals surface area (Å²) in [7, 11) is 2.04. The maximum Gasteiger partial charge on any atom is 0.253 e. The first-order valence-electron chi connectivity index (χ1n) is 6.60. The second-order valence-electron chi connectivity index (χ2n) is 5.33. The highest BCUT2D eigenvalue weighted by Gasteiger charge is 2.38. The van der Waals surface area contributed by atoms with Gasteiger partial charge in [-0.2, -0.15) is 0 Å². The molecule has 21 heavy (non-hydrogen) atoms. The first kappa shape index (κ1) is 16.7. The van der Waals surface area contributed by atoms with Gasteiger partial charge >= 0.3 is 0 Å². The summed E-state index contributed by atoms with van der Waals surface area (Å²) < 4.78 is 0.826. The quantitative estimate of drug-likeness (QED) is 0.779. The van der Waals surface area contributed by atoms with Crippen LogP contribution in [0, 0.1) is 0 Å². The fraction of sp³-hybridized carbons (Fsp3) is 0.429. The molecule has 1 saturated heterocycles. The molecule has 1 aromatic carbocycles. The Morgan fingerprint density at radius 3 is 2.62 bits per heavy atom. The van der Waals surface area contributed by atoms with Crippen LogP contribution in [-0.2, 0) is 0 Å². The standard InChI is InChI=1S/C14H17BrClN3OS/c1-19-6-4-14(5-7-19,13(17)21)18-12(20)10-3-2-9(15)8-11(10)16/h2-3,8H,4-7H2,1H3,(H2,17,21)(H,18,20). The third kappa shape index (κ3) is 3.74. The van der Waals surface area contributed by atoms with Crippen molar-refractivity contribution in [3.8, 4) is 0 Å². The molecule has 0 bridgehead atoms. The molecule has 1 aliphatic rings. The Morgan fingerprint density at radius 1 is 1.48 bits per heavy atom. The van der Waals surface area contributed by atoms with Crippen molar-refractivity contribution in [1.29, 1.82) is 0 Å². The number of carbonyl (C=O) groups excluding carboxylic acids is 1. The molecule has 1 aromatic rings. The summed E-state index contributed by atoms with van der Waals surface area (Å²) in [5.41, 5.74) is 5.69. The first-order valence-corrected chi connectivity index (χ1v) is 8.18. The number of piperidine rings is 1. The lowest BCUT2D eigenvalue weighted by molar-refractivity contribution is 0.0890. The van der Waals surface area contributed by atoms with E-state index in [1.165, 1.54) is 0 Å². The van der Waals surface area contributed by atoms with E-state index in [4.69, 9.17) is 29.6 Å². The Balaban J connectivity index is 2.21. The number of amides is 1. The lowest BCUT2D eigenvalue weighted by Crippen LogP contribution is -2.61. The zero-order valence-electron chi connectivity index (χ0n) is 11.7. The van der Waals surface area contributed by atoms with Crippen molar-refractivity contribution in [2.75, 3.05) is 20.1 Å². The molecule has 7 heteroatoms. The topological polar surface area (TPSA) is 58.4 Å². The summed E-state index contributed by atoms with van der Waals surface area (Å²) in [5.74, 6) is -0.246. The van der Waals surface area contributed by atoms with Crippen molar-refractivity contribution in [3.63, 3.8) is 0 Å². The predicted octanol–water partition coefficient (Wildman–Crippen LogP) is 2.58. The first-order chi connectivity index (χ1) is 9.84. The lowest BCUT2D eigenvalue weighted by atomic mass is 9.87. The van der Waals surface area contributed by atoms with Gasteiger partial charge in [-0.25, -0.2) is 0 Å². The lowest BCUT2D eigenvalue weighted by Gasteiger charge is -2.40. The van der Waals surface area contributed by atoms with Gasteiger partial charge in [0.05, 0.1) is 21.1 Å². The zero-order valence-corrected chi connectivity index (χ0v) is 14.8.